The predicted octanol–water partition coefficient (Wildman–Crippen LogP) is 4.81. The number of hydrogen-bond donors (Lipinski definition) is 0. The van der Waals surface area contributed by atoms with Crippen molar-refractivity contribution < 1.29 is 9.18 Å². The van der Waals surface area contributed by atoms with E-state index in [9.17, 15) is 9.18 Å². The summed E-state index contributed by atoms with van der Waals surface area (Å²) in [6.45, 7) is 4.28. The summed E-state index contributed by atoms with van der Waals surface area (Å²) in [4.78, 5) is 12.4. The van der Waals surface area contributed by atoms with Crippen LogP contribution in [0.5, 0.6) is 0 Å². The fourth-order valence-corrected chi connectivity index (χ4v) is 3.28. The van der Waals surface area contributed by atoms with Crippen LogP contribution >= 0.6 is 11.6 Å². The smallest absolute Gasteiger partial charge is 0.140 e. The first-order valence-corrected chi connectivity index (χ1v) is 7.24. The van der Waals surface area contributed by atoms with Crippen LogP contribution in [-0.2, 0) is 11.2 Å². The highest BCUT2D eigenvalue weighted by atomic mass is 35.5. The maximum Gasteiger partial charge on any atom is 0.140 e. The molecule has 0 aromatic heterocycles. The van der Waals surface area contributed by atoms with Crippen molar-refractivity contribution in [2.75, 3.05) is 0 Å². The third-order valence-corrected chi connectivity index (χ3v) is 4.50. The molecule has 1 aromatic rings. The van der Waals surface area contributed by atoms with Crippen molar-refractivity contribution in [1.29, 1.82) is 0 Å². The average Bonchev–Trinajstić information content (AvgIpc) is 2.33. The monoisotopic (exact) mass is 282 g/mol. The Morgan fingerprint density at radius 2 is 2.16 bits per heavy atom. The van der Waals surface area contributed by atoms with Crippen LogP contribution in [0.1, 0.15) is 45.1 Å². The van der Waals surface area contributed by atoms with E-state index in [1.54, 1.807) is 6.07 Å². The Morgan fingerprint density at radius 1 is 1.42 bits per heavy atom. The second-order valence-electron chi connectivity index (χ2n) is 6.17. The Morgan fingerprint density at radius 3 is 2.84 bits per heavy atom. The van der Waals surface area contributed by atoms with E-state index in [2.05, 4.69) is 13.8 Å². The van der Waals surface area contributed by atoms with Crippen LogP contribution in [0, 0.1) is 17.2 Å². The molecule has 0 N–H and O–H groups in total. The van der Waals surface area contributed by atoms with Gasteiger partial charge in [-0.05, 0) is 42.0 Å². The largest absolute Gasteiger partial charge is 0.299 e. The Bertz CT molecular complexity index is 482. The third kappa shape index (κ3) is 3.36. The van der Waals surface area contributed by atoms with E-state index in [1.165, 1.54) is 18.6 Å². The molecule has 1 aliphatic carbocycles. The van der Waals surface area contributed by atoms with E-state index in [0.717, 1.165) is 19.3 Å². The fourth-order valence-electron chi connectivity index (χ4n) is 3.08. The number of hydrogen-bond acceptors (Lipinski definition) is 1. The zero-order valence-corrected chi connectivity index (χ0v) is 12.3. The van der Waals surface area contributed by atoms with Gasteiger partial charge >= 0.3 is 0 Å². The molecule has 2 rings (SSSR count). The fraction of sp³-hybridized carbons (Fsp3) is 0.562. The van der Waals surface area contributed by atoms with Crippen molar-refractivity contribution in [3.8, 4) is 0 Å². The highest BCUT2D eigenvalue weighted by Gasteiger charge is 2.36. The van der Waals surface area contributed by atoms with Crippen LogP contribution in [-0.4, -0.2) is 5.78 Å². The van der Waals surface area contributed by atoms with E-state index >= 15 is 0 Å². The number of Topliss-reactive ketones (excluding diaryl/α,β-unsaturated/α-hetero) is 1. The van der Waals surface area contributed by atoms with E-state index in [1.807, 2.05) is 0 Å². The summed E-state index contributed by atoms with van der Waals surface area (Å²) in [5.41, 5.74) is 0.448. The summed E-state index contributed by atoms with van der Waals surface area (Å²) >= 11 is 5.86. The van der Waals surface area contributed by atoms with Gasteiger partial charge in [0.2, 0.25) is 0 Å². The highest BCUT2D eigenvalue weighted by molar-refractivity contribution is 6.30. The topological polar surface area (TPSA) is 17.1 Å². The van der Waals surface area contributed by atoms with Crippen LogP contribution in [0.2, 0.25) is 5.02 Å². The van der Waals surface area contributed by atoms with Gasteiger partial charge in [-0.25, -0.2) is 4.39 Å². The van der Waals surface area contributed by atoms with Crippen molar-refractivity contribution >= 4 is 17.4 Å². The number of halogens is 2. The predicted molar refractivity (Wildman–Crippen MR) is 75.9 cm³/mol. The number of carbonyl (C=O) groups excluding carboxylic acids is 1. The van der Waals surface area contributed by atoms with E-state index < -0.39 is 0 Å². The quantitative estimate of drug-likeness (QED) is 0.778. The Kier molecular flexibility index (Phi) is 4.29. The number of rotatable bonds is 3. The second kappa shape index (κ2) is 5.62. The van der Waals surface area contributed by atoms with Gasteiger partial charge in [0.1, 0.15) is 11.6 Å². The Hall–Kier alpha value is -0.890. The molecule has 19 heavy (non-hydrogen) atoms. The molecule has 1 fully saturated rings. The Balaban J connectivity index is 2.14. The normalized spacial score (nSPS) is 22.2. The van der Waals surface area contributed by atoms with Gasteiger partial charge in [0, 0.05) is 17.4 Å². The average molecular weight is 283 g/mol. The summed E-state index contributed by atoms with van der Waals surface area (Å²) in [5.74, 6) is -0.156. The Labute approximate surface area is 119 Å². The van der Waals surface area contributed by atoms with Gasteiger partial charge in [0.25, 0.3) is 0 Å². The summed E-state index contributed by atoms with van der Waals surface area (Å²) in [6, 6.07) is 4.40. The molecule has 0 spiro atoms. The first kappa shape index (κ1) is 14.5. The molecule has 0 radical (unpaired) electrons. The molecule has 1 unspecified atom stereocenters. The number of ketones is 1. The molecule has 1 saturated carbocycles. The zero-order valence-electron chi connectivity index (χ0n) is 11.5. The van der Waals surface area contributed by atoms with Crippen molar-refractivity contribution in [3.63, 3.8) is 0 Å². The van der Waals surface area contributed by atoms with Crippen molar-refractivity contribution in [2.24, 2.45) is 11.3 Å². The first-order chi connectivity index (χ1) is 8.90. The van der Waals surface area contributed by atoms with Crippen molar-refractivity contribution in [1.82, 2.24) is 0 Å². The lowest BCUT2D eigenvalue weighted by atomic mass is 9.66. The molecule has 0 heterocycles. The molecular formula is C16H20ClFO. The lowest BCUT2D eigenvalue weighted by molar-refractivity contribution is -0.127. The summed E-state index contributed by atoms with van der Waals surface area (Å²) < 4.78 is 13.7. The van der Waals surface area contributed by atoms with Gasteiger partial charge < -0.3 is 0 Å². The number of benzene rings is 1. The molecule has 0 bridgehead atoms. The molecule has 0 saturated heterocycles. The molecule has 0 aliphatic heterocycles. The third-order valence-electron chi connectivity index (χ3n) is 4.27. The minimum atomic E-state index is -0.341. The van der Waals surface area contributed by atoms with Gasteiger partial charge in [-0.15, -0.1) is 0 Å². The highest BCUT2D eigenvalue weighted by Crippen LogP contribution is 2.41. The van der Waals surface area contributed by atoms with Crippen LogP contribution in [0.15, 0.2) is 18.2 Å². The first-order valence-electron chi connectivity index (χ1n) is 6.87. The molecule has 3 heteroatoms. The second-order valence-corrected chi connectivity index (χ2v) is 6.60. The molecule has 1 aliphatic rings. The maximum absolute atomic E-state index is 13.7. The molecule has 104 valence electrons. The molecular weight excluding hydrogens is 263 g/mol. The SMILES string of the molecule is CC1(C)CCCCC1C(=O)Cc1cc(Cl)ccc1F. The van der Waals surface area contributed by atoms with Crippen LogP contribution in [0.4, 0.5) is 4.39 Å². The number of carbonyl (C=O) groups is 1. The van der Waals surface area contributed by atoms with Gasteiger partial charge in [0.05, 0.1) is 0 Å². The summed E-state index contributed by atoms with van der Waals surface area (Å²) in [7, 11) is 0. The van der Waals surface area contributed by atoms with E-state index in [4.69, 9.17) is 11.6 Å². The standard InChI is InChI=1S/C16H20ClFO/c1-16(2)8-4-3-5-13(16)15(19)10-11-9-12(17)6-7-14(11)18/h6-7,9,13H,3-5,8,10H2,1-2H3. The summed E-state index contributed by atoms with van der Waals surface area (Å²) in [5, 5.41) is 0.479. The van der Waals surface area contributed by atoms with Crippen LogP contribution in [0.25, 0.3) is 0 Å². The maximum atomic E-state index is 13.7. The van der Waals surface area contributed by atoms with Crippen molar-refractivity contribution in [3.05, 3.63) is 34.6 Å². The molecule has 0 amide bonds. The lowest BCUT2D eigenvalue weighted by Crippen LogP contribution is -2.35. The van der Waals surface area contributed by atoms with Gasteiger partial charge in [-0.3, -0.25) is 4.79 Å². The van der Waals surface area contributed by atoms with E-state index in [-0.39, 0.29) is 29.4 Å². The zero-order chi connectivity index (χ0) is 14.0. The lowest BCUT2D eigenvalue weighted by Gasteiger charge is -2.37. The summed E-state index contributed by atoms with van der Waals surface area (Å²) in [6.07, 6.45) is 4.43. The van der Waals surface area contributed by atoms with Crippen LogP contribution < -0.4 is 0 Å². The molecule has 1 atom stereocenters. The van der Waals surface area contributed by atoms with E-state index in [0.29, 0.717) is 10.6 Å². The molecule has 1 nitrogen and oxygen atoms in total. The molecule has 1 aromatic carbocycles. The minimum Gasteiger partial charge on any atom is -0.299 e. The van der Waals surface area contributed by atoms with Gasteiger partial charge in [0.15, 0.2) is 0 Å². The van der Waals surface area contributed by atoms with Gasteiger partial charge in [-0.2, -0.15) is 0 Å². The van der Waals surface area contributed by atoms with Crippen LogP contribution in [0.3, 0.4) is 0 Å². The van der Waals surface area contributed by atoms with Crippen molar-refractivity contribution in [2.45, 2.75) is 46.0 Å². The minimum absolute atomic E-state index is 0.0321. The van der Waals surface area contributed by atoms with Gasteiger partial charge in [-0.1, -0.05) is 38.3 Å².